The molecule has 0 saturated heterocycles. The number of carbonyl (C=O) groups excluding carboxylic acids is 1. The van der Waals surface area contributed by atoms with Gasteiger partial charge in [0.25, 0.3) is 11.5 Å². The van der Waals surface area contributed by atoms with Gasteiger partial charge < -0.3 is 10.6 Å². The number of aromatic nitrogens is 3. The Morgan fingerprint density at radius 3 is 2.71 bits per heavy atom. The number of nitrogens with zero attached hydrogens (tertiary/aromatic N) is 3. The summed E-state index contributed by atoms with van der Waals surface area (Å²) in [5.41, 5.74) is -3.68. The van der Waals surface area contributed by atoms with Gasteiger partial charge in [0, 0.05) is 6.07 Å². The van der Waals surface area contributed by atoms with Crippen molar-refractivity contribution in [2.75, 3.05) is 5.32 Å². The Morgan fingerprint density at radius 1 is 1.29 bits per heavy atom. The minimum Gasteiger partial charge on any atom is -0.336 e. The van der Waals surface area contributed by atoms with E-state index >= 15 is 0 Å². The molecule has 1 saturated carbocycles. The van der Waals surface area contributed by atoms with Gasteiger partial charge in [-0.1, -0.05) is 6.08 Å². The van der Waals surface area contributed by atoms with Crippen LogP contribution in [0.15, 0.2) is 35.4 Å². The van der Waals surface area contributed by atoms with Crippen LogP contribution in [0.2, 0.25) is 0 Å². The van der Waals surface area contributed by atoms with Gasteiger partial charge in [0.05, 0.1) is 5.69 Å². The molecular formula is C18H16F3N5O2. The molecule has 1 amide bonds. The highest BCUT2D eigenvalue weighted by Crippen LogP contribution is 2.37. The van der Waals surface area contributed by atoms with Crippen molar-refractivity contribution < 1.29 is 18.0 Å². The highest BCUT2D eigenvalue weighted by Gasteiger charge is 2.59. The number of carbonyl (C=O) groups is 1. The third kappa shape index (κ3) is 3.04. The molecule has 4 rings (SSSR count). The summed E-state index contributed by atoms with van der Waals surface area (Å²) in [7, 11) is 0. The van der Waals surface area contributed by atoms with E-state index in [1.54, 1.807) is 6.07 Å². The van der Waals surface area contributed by atoms with E-state index in [1.165, 1.54) is 18.5 Å². The van der Waals surface area contributed by atoms with Crippen LogP contribution in [0.3, 0.4) is 0 Å². The zero-order valence-corrected chi connectivity index (χ0v) is 14.7. The molecule has 2 aromatic heterocycles. The van der Waals surface area contributed by atoms with Crippen molar-refractivity contribution in [3.05, 3.63) is 52.3 Å². The van der Waals surface area contributed by atoms with Gasteiger partial charge >= 0.3 is 6.18 Å². The molecule has 1 fully saturated rings. The number of nitrogens with one attached hydrogen (secondary N) is 2. The summed E-state index contributed by atoms with van der Waals surface area (Å²) in [4.78, 5) is 32.7. The molecule has 0 aromatic carbocycles. The van der Waals surface area contributed by atoms with Crippen molar-refractivity contribution >= 4 is 23.5 Å². The molecule has 146 valence electrons. The number of rotatable bonds is 4. The summed E-state index contributed by atoms with van der Waals surface area (Å²) in [5, 5.41) is 4.57. The predicted octanol–water partition coefficient (Wildman–Crippen LogP) is 2.78. The lowest BCUT2D eigenvalue weighted by molar-refractivity contribution is -0.213. The van der Waals surface area contributed by atoms with Gasteiger partial charge in [0.2, 0.25) is 5.66 Å². The Morgan fingerprint density at radius 2 is 2.04 bits per heavy atom. The van der Waals surface area contributed by atoms with E-state index in [-0.39, 0.29) is 17.2 Å². The molecule has 0 radical (unpaired) electrons. The first-order valence-corrected chi connectivity index (χ1v) is 8.62. The van der Waals surface area contributed by atoms with E-state index < -0.39 is 23.3 Å². The lowest BCUT2D eigenvalue weighted by Gasteiger charge is -2.29. The van der Waals surface area contributed by atoms with Gasteiger partial charge in [0.15, 0.2) is 0 Å². The van der Waals surface area contributed by atoms with Crippen LogP contribution in [0.1, 0.15) is 35.9 Å². The molecule has 10 heteroatoms. The summed E-state index contributed by atoms with van der Waals surface area (Å²) < 4.78 is 41.0. The van der Waals surface area contributed by atoms with Crippen molar-refractivity contribution in [3.63, 3.8) is 0 Å². The Balaban J connectivity index is 1.69. The second kappa shape index (κ2) is 6.18. The van der Waals surface area contributed by atoms with E-state index in [9.17, 15) is 22.8 Å². The van der Waals surface area contributed by atoms with Gasteiger partial charge in [-0.15, -0.1) is 0 Å². The minimum absolute atomic E-state index is 0.133. The van der Waals surface area contributed by atoms with Crippen LogP contribution in [-0.4, -0.2) is 26.6 Å². The zero-order chi connectivity index (χ0) is 20.1. The van der Waals surface area contributed by atoms with E-state index in [0.29, 0.717) is 16.2 Å². The number of amides is 1. The SMILES string of the molecule is CC1(C(F)(F)F)NC(=O)c2ccc(Nc3cc(/C=C/C4CC4)ncn3)c(=O)n21. The number of hydrogen-bond donors (Lipinski definition) is 2. The fourth-order valence-corrected chi connectivity index (χ4v) is 2.99. The topological polar surface area (TPSA) is 88.9 Å². The Kier molecular flexibility index (Phi) is 4.02. The maximum absolute atomic E-state index is 13.5. The maximum Gasteiger partial charge on any atom is 0.430 e. The second-order valence-corrected chi connectivity index (χ2v) is 6.95. The number of halogens is 3. The van der Waals surface area contributed by atoms with Gasteiger partial charge in [-0.3, -0.25) is 14.2 Å². The van der Waals surface area contributed by atoms with Crippen molar-refractivity contribution in [2.24, 2.45) is 5.92 Å². The van der Waals surface area contributed by atoms with Crippen LogP contribution >= 0.6 is 0 Å². The fraction of sp³-hybridized carbons (Fsp3) is 0.333. The van der Waals surface area contributed by atoms with Crippen LogP contribution in [0.25, 0.3) is 6.08 Å². The largest absolute Gasteiger partial charge is 0.430 e. The number of allylic oxidation sites excluding steroid dienone is 1. The standard InChI is InChI=1S/C18H16F3N5O2/c1-17(18(19,20)21)25-15(27)13-7-6-12(16(28)26(13)17)24-14-8-11(22-9-23-14)5-4-10-2-3-10/h4-10H,2-3H2,1H3,(H,25,27)(H,22,23,24)/b5-4+. The monoisotopic (exact) mass is 391 g/mol. The van der Waals surface area contributed by atoms with Crippen LogP contribution in [0.5, 0.6) is 0 Å². The molecule has 1 aliphatic carbocycles. The third-order valence-corrected chi connectivity index (χ3v) is 4.78. The van der Waals surface area contributed by atoms with Gasteiger partial charge in [-0.25, -0.2) is 9.97 Å². The van der Waals surface area contributed by atoms with Gasteiger partial charge in [0.1, 0.15) is 23.5 Å². The van der Waals surface area contributed by atoms with E-state index in [4.69, 9.17) is 0 Å². The summed E-state index contributed by atoms with van der Waals surface area (Å²) in [6, 6.07) is 4.02. The molecule has 0 bridgehead atoms. The summed E-state index contributed by atoms with van der Waals surface area (Å²) in [6.45, 7) is 0.748. The molecule has 3 heterocycles. The first-order valence-electron chi connectivity index (χ1n) is 8.62. The first kappa shape index (κ1) is 18.2. The molecule has 1 atom stereocenters. The number of anilines is 2. The van der Waals surface area contributed by atoms with Gasteiger partial charge in [-0.2, -0.15) is 13.2 Å². The average Bonchev–Trinajstić information content (AvgIpc) is 3.40. The molecule has 2 aliphatic rings. The van der Waals surface area contributed by atoms with Crippen LogP contribution < -0.4 is 16.2 Å². The minimum atomic E-state index is -4.86. The van der Waals surface area contributed by atoms with Crippen molar-refractivity contribution in [1.29, 1.82) is 0 Å². The Labute approximate surface area is 157 Å². The number of fused-ring (bicyclic) bond motifs is 1. The van der Waals surface area contributed by atoms with E-state index in [0.717, 1.165) is 19.8 Å². The van der Waals surface area contributed by atoms with Crippen LogP contribution in [0, 0.1) is 5.92 Å². The number of hydrogen-bond acceptors (Lipinski definition) is 5. The Bertz CT molecular complexity index is 1040. The van der Waals surface area contributed by atoms with Crippen molar-refractivity contribution in [1.82, 2.24) is 19.9 Å². The van der Waals surface area contributed by atoms with Crippen molar-refractivity contribution in [3.8, 4) is 0 Å². The maximum atomic E-state index is 13.5. The predicted molar refractivity (Wildman–Crippen MR) is 94.9 cm³/mol. The third-order valence-electron chi connectivity index (χ3n) is 4.78. The quantitative estimate of drug-likeness (QED) is 0.837. The van der Waals surface area contributed by atoms with Crippen LogP contribution in [0.4, 0.5) is 24.7 Å². The molecule has 0 spiro atoms. The molecule has 2 aromatic rings. The lowest BCUT2D eigenvalue weighted by Crippen LogP contribution is -2.55. The van der Waals surface area contributed by atoms with Crippen LogP contribution in [-0.2, 0) is 5.66 Å². The molecule has 1 unspecified atom stereocenters. The zero-order valence-electron chi connectivity index (χ0n) is 14.7. The van der Waals surface area contributed by atoms with Gasteiger partial charge in [-0.05, 0) is 43.9 Å². The second-order valence-electron chi connectivity index (χ2n) is 6.95. The summed E-state index contributed by atoms with van der Waals surface area (Å²) >= 11 is 0. The molecule has 28 heavy (non-hydrogen) atoms. The molecular weight excluding hydrogens is 375 g/mol. The smallest absolute Gasteiger partial charge is 0.336 e. The highest BCUT2D eigenvalue weighted by atomic mass is 19.4. The normalized spacial score (nSPS) is 21.6. The Hall–Kier alpha value is -3.17. The highest BCUT2D eigenvalue weighted by molar-refractivity contribution is 5.95. The summed E-state index contributed by atoms with van der Waals surface area (Å²) in [5.74, 6) is -0.148. The average molecular weight is 391 g/mol. The summed E-state index contributed by atoms with van der Waals surface area (Å²) in [6.07, 6.45) is 2.59. The molecule has 2 N–H and O–H groups in total. The lowest BCUT2D eigenvalue weighted by atomic mass is 10.2. The number of alkyl halides is 3. The van der Waals surface area contributed by atoms with E-state index in [2.05, 4.69) is 15.3 Å². The van der Waals surface area contributed by atoms with E-state index in [1.807, 2.05) is 17.5 Å². The number of pyridine rings is 1. The van der Waals surface area contributed by atoms with Crippen molar-refractivity contribution in [2.45, 2.75) is 31.6 Å². The fourth-order valence-electron chi connectivity index (χ4n) is 2.99. The first-order chi connectivity index (χ1) is 13.2. The molecule has 1 aliphatic heterocycles. The molecule has 7 nitrogen and oxygen atoms in total.